The Kier molecular flexibility index (Phi) is 3.71. The van der Waals surface area contributed by atoms with E-state index in [1.165, 1.54) is 6.07 Å². The van der Waals surface area contributed by atoms with Crippen LogP contribution in [-0.2, 0) is 13.0 Å². The summed E-state index contributed by atoms with van der Waals surface area (Å²) in [5, 5.41) is 1.08. The molecule has 4 heteroatoms. The molecule has 3 aromatic rings. The standard InChI is InChI=1S/C17H16F2N2/c18-15-3-1-2-14(17(15)19)11-21-9-7-13-5-4-12(6-8-20)10-16(13)21/h1-5,7,9-10H,6,8,11,20H2. The number of rotatable bonds is 4. The first-order valence-electron chi connectivity index (χ1n) is 6.90. The van der Waals surface area contributed by atoms with Gasteiger partial charge in [0, 0.05) is 17.3 Å². The van der Waals surface area contributed by atoms with Crippen LogP contribution in [0.3, 0.4) is 0 Å². The largest absolute Gasteiger partial charge is 0.343 e. The normalized spacial score (nSPS) is 11.2. The lowest BCUT2D eigenvalue weighted by Gasteiger charge is -2.08. The summed E-state index contributed by atoms with van der Waals surface area (Å²) >= 11 is 0. The first kappa shape index (κ1) is 13.8. The summed E-state index contributed by atoms with van der Waals surface area (Å²) in [7, 11) is 0. The fraction of sp³-hybridized carbons (Fsp3) is 0.176. The molecule has 0 bridgehead atoms. The van der Waals surface area contributed by atoms with Gasteiger partial charge in [0.2, 0.25) is 0 Å². The maximum atomic E-state index is 13.8. The highest BCUT2D eigenvalue weighted by Gasteiger charge is 2.09. The van der Waals surface area contributed by atoms with Crippen molar-refractivity contribution >= 4 is 10.9 Å². The third-order valence-electron chi connectivity index (χ3n) is 3.64. The second kappa shape index (κ2) is 5.66. The van der Waals surface area contributed by atoms with E-state index in [0.29, 0.717) is 18.7 Å². The van der Waals surface area contributed by atoms with Gasteiger partial charge < -0.3 is 10.3 Å². The van der Waals surface area contributed by atoms with Gasteiger partial charge in [0.1, 0.15) is 0 Å². The van der Waals surface area contributed by atoms with Crippen LogP contribution in [0.25, 0.3) is 10.9 Å². The first-order chi connectivity index (χ1) is 10.2. The quantitative estimate of drug-likeness (QED) is 0.782. The van der Waals surface area contributed by atoms with Crippen molar-refractivity contribution in [3.63, 3.8) is 0 Å². The molecule has 0 radical (unpaired) electrons. The average molecular weight is 286 g/mol. The van der Waals surface area contributed by atoms with E-state index in [0.717, 1.165) is 29.0 Å². The number of fused-ring (bicyclic) bond motifs is 1. The van der Waals surface area contributed by atoms with Crippen LogP contribution in [0.4, 0.5) is 8.78 Å². The summed E-state index contributed by atoms with van der Waals surface area (Å²) in [6, 6.07) is 12.4. The van der Waals surface area contributed by atoms with Crippen LogP contribution in [0, 0.1) is 11.6 Å². The Balaban J connectivity index is 2.00. The molecule has 0 saturated heterocycles. The van der Waals surface area contributed by atoms with E-state index < -0.39 is 11.6 Å². The molecule has 0 amide bonds. The van der Waals surface area contributed by atoms with Gasteiger partial charge in [0.05, 0.1) is 6.54 Å². The highest BCUT2D eigenvalue weighted by atomic mass is 19.2. The molecule has 0 aliphatic rings. The van der Waals surface area contributed by atoms with Crippen molar-refractivity contribution < 1.29 is 8.78 Å². The Hall–Kier alpha value is -2.20. The van der Waals surface area contributed by atoms with E-state index in [9.17, 15) is 8.78 Å². The molecule has 0 unspecified atom stereocenters. The van der Waals surface area contributed by atoms with Crippen LogP contribution in [-0.4, -0.2) is 11.1 Å². The number of nitrogens with two attached hydrogens (primary N) is 1. The van der Waals surface area contributed by atoms with Gasteiger partial charge in [-0.05, 0) is 42.1 Å². The summed E-state index contributed by atoms with van der Waals surface area (Å²) in [5.74, 6) is -1.59. The second-order valence-corrected chi connectivity index (χ2v) is 5.09. The van der Waals surface area contributed by atoms with Gasteiger partial charge in [0.15, 0.2) is 11.6 Å². The van der Waals surface area contributed by atoms with Gasteiger partial charge in [-0.1, -0.05) is 24.3 Å². The number of hydrogen-bond donors (Lipinski definition) is 1. The minimum absolute atomic E-state index is 0.305. The van der Waals surface area contributed by atoms with Crippen molar-refractivity contribution in [2.45, 2.75) is 13.0 Å². The molecule has 108 valence electrons. The second-order valence-electron chi connectivity index (χ2n) is 5.09. The van der Waals surface area contributed by atoms with Gasteiger partial charge in [0.25, 0.3) is 0 Å². The molecule has 1 heterocycles. The third kappa shape index (κ3) is 2.67. The Morgan fingerprint density at radius 1 is 1.05 bits per heavy atom. The van der Waals surface area contributed by atoms with Crippen LogP contribution >= 0.6 is 0 Å². The van der Waals surface area contributed by atoms with Gasteiger partial charge >= 0.3 is 0 Å². The highest BCUT2D eigenvalue weighted by Crippen LogP contribution is 2.21. The fourth-order valence-corrected chi connectivity index (χ4v) is 2.54. The number of hydrogen-bond acceptors (Lipinski definition) is 1. The van der Waals surface area contributed by atoms with Crippen molar-refractivity contribution in [3.8, 4) is 0 Å². The molecule has 2 aromatic carbocycles. The monoisotopic (exact) mass is 286 g/mol. The smallest absolute Gasteiger partial charge is 0.163 e. The van der Waals surface area contributed by atoms with Crippen LogP contribution in [0.1, 0.15) is 11.1 Å². The van der Waals surface area contributed by atoms with Crippen LogP contribution in [0.2, 0.25) is 0 Å². The zero-order valence-electron chi connectivity index (χ0n) is 11.5. The van der Waals surface area contributed by atoms with E-state index in [-0.39, 0.29) is 0 Å². The average Bonchev–Trinajstić information content (AvgIpc) is 2.87. The molecule has 3 rings (SSSR count). The lowest BCUT2D eigenvalue weighted by Crippen LogP contribution is -2.04. The molecule has 0 aliphatic carbocycles. The lowest BCUT2D eigenvalue weighted by atomic mass is 10.1. The molecule has 0 saturated carbocycles. The van der Waals surface area contributed by atoms with Gasteiger partial charge in [-0.15, -0.1) is 0 Å². The van der Waals surface area contributed by atoms with Gasteiger partial charge in [-0.2, -0.15) is 0 Å². The predicted octanol–water partition coefficient (Wildman–Crippen LogP) is 3.47. The van der Waals surface area contributed by atoms with E-state index in [2.05, 4.69) is 6.07 Å². The zero-order chi connectivity index (χ0) is 14.8. The Morgan fingerprint density at radius 2 is 1.90 bits per heavy atom. The topological polar surface area (TPSA) is 30.9 Å². The Labute approximate surface area is 121 Å². The summed E-state index contributed by atoms with van der Waals surface area (Å²) < 4.78 is 29.0. The molecule has 0 spiro atoms. The highest BCUT2D eigenvalue weighted by molar-refractivity contribution is 5.81. The van der Waals surface area contributed by atoms with Crippen molar-refractivity contribution in [2.24, 2.45) is 5.73 Å². The van der Waals surface area contributed by atoms with Crippen LogP contribution in [0.5, 0.6) is 0 Å². The minimum Gasteiger partial charge on any atom is -0.343 e. The molecule has 2 N–H and O–H groups in total. The minimum atomic E-state index is -0.812. The van der Waals surface area contributed by atoms with Crippen LogP contribution < -0.4 is 5.73 Å². The van der Waals surface area contributed by atoms with Crippen molar-refractivity contribution in [3.05, 3.63) is 71.4 Å². The molecule has 0 aliphatic heterocycles. The summed E-state index contributed by atoms with van der Waals surface area (Å²) in [5.41, 5.74) is 8.07. The first-order valence-corrected chi connectivity index (χ1v) is 6.90. The molecule has 1 aromatic heterocycles. The Bertz CT molecular complexity index is 778. The van der Waals surface area contributed by atoms with Crippen molar-refractivity contribution in [1.82, 2.24) is 4.57 Å². The van der Waals surface area contributed by atoms with E-state index >= 15 is 0 Å². The van der Waals surface area contributed by atoms with Crippen molar-refractivity contribution in [2.75, 3.05) is 6.54 Å². The lowest BCUT2D eigenvalue weighted by molar-refractivity contribution is 0.496. The molecule has 21 heavy (non-hydrogen) atoms. The molecular weight excluding hydrogens is 270 g/mol. The van der Waals surface area contributed by atoms with Crippen LogP contribution in [0.15, 0.2) is 48.7 Å². The summed E-state index contributed by atoms with van der Waals surface area (Å²) in [6.07, 6.45) is 2.69. The fourth-order valence-electron chi connectivity index (χ4n) is 2.54. The molecule has 2 nitrogen and oxygen atoms in total. The van der Waals surface area contributed by atoms with Gasteiger partial charge in [-0.25, -0.2) is 8.78 Å². The maximum absolute atomic E-state index is 13.8. The number of aromatic nitrogens is 1. The number of benzene rings is 2. The summed E-state index contributed by atoms with van der Waals surface area (Å²) in [4.78, 5) is 0. The maximum Gasteiger partial charge on any atom is 0.163 e. The molecule has 0 atom stereocenters. The molecular formula is C17H16F2N2. The molecule has 0 fully saturated rings. The zero-order valence-corrected chi connectivity index (χ0v) is 11.5. The van der Waals surface area contributed by atoms with E-state index in [1.54, 1.807) is 6.07 Å². The number of halogens is 2. The van der Waals surface area contributed by atoms with E-state index in [4.69, 9.17) is 5.73 Å². The van der Waals surface area contributed by atoms with Gasteiger partial charge in [-0.3, -0.25) is 0 Å². The SMILES string of the molecule is NCCc1ccc2ccn(Cc3cccc(F)c3F)c2c1. The Morgan fingerprint density at radius 3 is 2.71 bits per heavy atom. The van der Waals surface area contributed by atoms with E-state index in [1.807, 2.05) is 29.0 Å². The summed E-state index contributed by atoms with van der Waals surface area (Å²) in [6.45, 7) is 0.893. The van der Waals surface area contributed by atoms with Crippen molar-refractivity contribution in [1.29, 1.82) is 0 Å². The number of nitrogens with zero attached hydrogens (tertiary/aromatic N) is 1. The third-order valence-corrected chi connectivity index (χ3v) is 3.64. The predicted molar refractivity (Wildman–Crippen MR) is 80.2 cm³/mol.